The molecule has 22 heavy (non-hydrogen) atoms. The predicted molar refractivity (Wildman–Crippen MR) is 78.9 cm³/mol. The lowest BCUT2D eigenvalue weighted by Gasteiger charge is -2.15. The summed E-state index contributed by atoms with van der Waals surface area (Å²) in [6.45, 7) is 0. The molecule has 108 valence electrons. The van der Waals surface area contributed by atoms with Gasteiger partial charge in [-0.15, -0.1) is 0 Å². The van der Waals surface area contributed by atoms with E-state index in [1.165, 1.54) is 0 Å². The Morgan fingerprint density at radius 3 is 2.68 bits per heavy atom. The van der Waals surface area contributed by atoms with E-state index in [1.807, 2.05) is 30.3 Å². The van der Waals surface area contributed by atoms with Crippen LogP contribution in [0.1, 0.15) is 15.9 Å². The first-order valence-electron chi connectivity index (χ1n) is 6.88. The van der Waals surface area contributed by atoms with Gasteiger partial charge >= 0.3 is 0 Å². The molecule has 4 nitrogen and oxygen atoms in total. The van der Waals surface area contributed by atoms with Gasteiger partial charge in [0.2, 0.25) is 5.78 Å². The van der Waals surface area contributed by atoms with Crippen LogP contribution in [0.4, 0.5) is 0 Å². The van der Waals surface area contributed by atoms with Crippen molar-refractivity contribution in [3.8, 4) is 23.3 Å². The van der Waals surface area contributed by atoms with Crippen molar-refractivity contribution in [1.82, 2.24) is 0 Å². The van der Waals surface area contributed by atoms with Gasteiger partial charge in [-0.05, 0) is 42.3 Å². The number of methoxy groups -OCH3 is 1. The number of hydrogen-bond donors (Lipinski definition) is 0. The molecule has 2 unspecified atom stereocenters. The highest BCUT2D eigenvalue weighted by Gasteiger charge is 2.67. The van der Waals surface area contributed by atoms with Crippen molar-refractivity contribution in [2.24, 2.45) is 0 Å². The summed E-state index contributed by atoms with van der Waals surface area (Å²) in [5, 5.41) is 0. The molecule has 2 aromatic carbocycles. The summed E-state index contributed by atoms with van der Waals surface area (Å²) in [7, 11) is 1.61. The molecule has 0 amide bonds. The van der Waals surface area contributed by atoms with Gasteiger partial charge in [0.15, 0.2) is 0 Å². The monoisotopic (exact) mass is 292 g/mol. The van der Waals surface area contributed by atoms with E-state index in [-0.39, 0.29) is 5.78 Å². The van der Waals surface area contributed by atoms with Crippen molar-refractivity contribution >= 4 is 5.78 Å². The second kappa shape index (κ2) is 4.62. The second-order valence-electron chi connectivity index (χ2n) is 5.11. The predicted octanol–water partition coefficient (Wildman–Crippen LogP) is 2.42. The van der Waals surface area contributed by atoms with Crippen molar-refractivity contribution in [3.63, 3.8) is 0 Å². The summed E-state index contributed by atoms with van der Waals surface area (Å²) < 4.78 is 16.2. The quantitative estimate of drug-likeness (QED) is 0.598. The highest BCUT2D eigenvalue weighted by Crippen LogP contribution is 2.46. The number of para-hydroxylation sites is 1. The van der Waals surface area contributed by atoms with Crippen LogP contribution >= 0.6 is 0 Å². The highest BCUT2D eigenvalue weighted by atomic mass is 16.8. The fraction of sp³-hybridized carbons (Fsp3) is 0.167. The zero-order valence-corrected chi connectivity index (χ0v) is 11.8. The second-order valence-corrected chi connectivity index (χ2v) is 5.11. The largest absolute Gasteiger partial charge is 0.497 e. The van der Waals surface area contributed by atoms with E-state index in [0.717, 1.165) is 11.3 Å². The number of rotatable bonds is 1. The molecule has 1 saturated heterocycles. The molecule has 1 fully saturated rings. The van der Waals surface area contributed by atoms with E-state index in [9.17, 15) is 4.79 Å². The van der Waals surface area contributed by atoms with Gasteiger partial charge in [0.1, 0.15) is 11.5 Å². The zero-order valence-electron chi connectivity index (χ0n) is 11.8. The Bertz CT molecular complexity index is 813. The first kappa shape index (κ1) is 12.9. The molecule has 4 rings (SSSR count). The van der Waals surface area contributed by atoms with Gasteiger partial charge in [-0.1, -0.05) is 18.1 Å². The lowest BCUT2D eigenvalue weighted by atomic mass is 9.94. The maximum atomic E-state index is 12.6. The lowest BCUT2D eigenvalue weighted by Crippen LogP contribution is -2.32. The maximum Gasteiger partial charge on any atom is 0.258 e. The standard InChI is InChI=1S/C18H12O4/c1-20-13-8-6-12(7-9-13)10-11-18-16(19)14-4-2-3-5-15(14)21-17(18)22-18/h2-9,17H,1H3. The van der Waals surface area contributed by atoms with Crippen LogP contribution < -0.4 is 9.47 Å². The molecule has 0 aromatic heterocycles. The Morgan fingerprint density at radius 2 is 1.91 bits per heavy atom. The van der Waals surface area contributed by atoms with Gasteiger partial charge in [-0.2, -0.15) is 0 Å². The summed E-state index contributed by atoms with van der Waals surface area (Å²) in [5.74, 6) is 7.08. The van der Waals surface area contributed by atoms with Gasteiger partial charge in [-0.3, -0.25) is 4.79 Å². The Balaban J connectivity index is 1.65. The molecule has 0 aliphatic carbocycles. The van der Waals surface area contributed by atoms with Crippen molar-refractivity contribution in [3.05, 3.63) is 59.7 Å². The van der Waals surface area contributed by atoms with Gasteiger partial charge in [0, 0.05) is 5.56 Å². The number of fused-ring (bicyclic) bond motifs is 2. The van der Waals surface area contributed by atoms with Crippen LogP contribution in [-0.4, -0.2) is 24.8 Å². The number of ketones is 1. The number of ether oxygens (including phenoxy) is 3. The number of hydrogen-bond acceptors (Lipinski definition) is 4. The Labute approximate surface area is 127 Å². The summed E-state index contributed by atoms with van der Waals surface area (Å²) in [6.07, 6.45) is -0.611. The molecule has 0 radical (unpaired) electrons. The molecule has 0 bridgehead atoms. The smallest absolute Gasteiger partial charge is 0.258 e. The SMILES string of the molecule is COc1ccc(C#CC23OC2Oc2ccccc2C3=O)cc1. The van der Waals surface area contributed by atoms with Gasteiger partial charge < -0.3 is 14.2 Å². The third kappa shape index (κ3) is 1.87. The summed E-state index contributed by atoms with van der Waals surface area (Å²) in [6, 6.07) is 14.4. The summed E-state index contributed by atoms with van der Waals surface area (Å²) in [4.78, 5) is 12.6. The molecule has 0 saturated carbocycles. The number of Topliss-reactive ketones (excluding diaryl/α,β-unsaturated/α-hetero) is 1. The van der Waals surface area contributed by atoms with Crippen LogP contribution in [0.15, 0.2) is 48.5 Å². The topological polar surface area (TPSA) is 48.1 Å². The van der Waals surface area contributed by atoms with Gasteiger partial charge in [-0.25, -0.2) is 0 Å². The molecule has 2 aliphatic rings. The van der Waals surface area contributed by atoms with E-state index in [1.54, 1.807) is 25.3 Å². The zero-order chi connectivity index (χ0) is 15.2. The Hall–Kier alpha value is -2.77. The van der Waals surface area contributed by atoms with Crippen LogP contribution in [0.3, 0.4) is 0 Å². The third-order valence-corrected chi connectivity index (χ3v) is 3.75. The Kier molecular flexibility index (Phi) is 2.72. The van der Waals surface area contributed by atoms with E-state index in [0.29, 0.717) is 11.3 Å². The fourth-order valence-electron chi connectivity index (χ4n) is 2.46. The maximum absolute atomic E-state index is 12.6. The minimum atomic E-state index is -1.16. The molecular formula is C18H12O4. The average molecular weight is 292 g/mol. The molecule has 2 atom stereocenters. The first-order chi connectivity index (χ1) is 10.7. The van der Waals surface area contributed by atoms with Crippen LogP contribution in [0.5, 0.6) is 11.5 Å². The first-order valence-corrected chi connectivity index (χ1v) is 6.88. The third-order valence-electron chi connectivity index (χ3n) is 3.75. The molecule has 2 aliphatic heterocycles. The molecule has 0 N–H and O–H groups in total. The van der Waals surface area contributed by atoms with Crippen LogP contribution in [0.2, 0.25) is 0 Å². The minimum Gasteiger partial charge on any atom is -0.497 e. The highest BCUT2D eigenvalue weighted by molar-refractivity contribution is 6.10. The van der Waals surface area contributed by atoms with E-state index in [2.05, 4.69) is 11.8 Å². The van der Waals surface area contributed by atoms with E-state index in [4.69, 9.17) is 14.2 Å². The number of carbonyl (C=O) groups is 1. The summed E-state index contributed by atoms with van der Waals surface area (Å²) >= 11 is 0. The minimum absolute atomic E-state index is 0.139. The van der Waals surface area contributed by atoms with Gasteiger partial charge in [0.25, 0.3) is 11.9 Å². The number of epoxide rings is 1. The molecular weight excluding hydrogens is 280 g/mol. The Morgan fingerprint density at radius 1 is 1.14 bits per heavy atom. The molecule has 2 aromatic rings. The molecule has 2 heterocycles. The van der Waals surface area contributed by atoms with Crippen LogP contribution in [0.25, 0.3) is 0 Å². The van der Waals surface area contributed by atoms with Crippen molar-refractivity contribution in [2.75, 3.05) is 7.11 Å². The van der Waals surface area contributed by atoms with E-state index < -0.39 is 11.9 Å². The van der Waals surface area contributed by atoms with Crippen molar-refractivity contribution in [1.29, 1.82) is 0 Å². The van der Waals surface area contributed by atoms with Crippen molar-refractivity contribution < 1.29 is 19.0 Å². The number of carbonyl (C=O) groups excluding carboxylic acids is 1. The normalized spacial score (nSPS) is 24.2. The van der Waals surface area contributed by atoms with Crippen molar-refractivity contribution in [2.45, 2.75) is 11.9 Å². The number of benzene rings is 2. The van der Waals surface area contributed by atoms with Gasteiger partial charge in [0.05, 0.1) is 12.7 Å². The fourth-order valence-corrected chi connectivity index (χ4v) is 2.46. The average Bonchev–Trinajstić information content (AvgIpc) is 3.28. The van der Waals surface area contributed by atoms with E-state index >= 15 is 0 Å². The molecule has 4 heteroatoms. The summed E-state index contributed by atoms with van der Waals surface area (Å²) in [5.41, 5.74) is 0.144. The van der Waals surface area contributed by atoms with Crippen LogP contribution in [-0.2, 0) is 4.74 Å². The molecule has 0 spiro atoms. The van der Waals surface area contributed by atoms with Crippen LogP contribution in [0, 0.1) is 11.8 Å². The lowest BCUT2D eigenvalue weighted by molar-refractivity contribution is 0.0908.